The van der Waals surface area contributed by atoms with E-state index >= 15 is 0 Å². The lowest BCUT2D eigenvalue weighted by Crippen LogP contribution is -1.96. The zero-order valence-electron chi connectivity index (χ0n) is 12.2. The summed E-state index contributed by atoms with van der Waals surface area (Å²) >= 11 is 1.73. The van der Waals surface area contributed by atoms with Crippen LogP contribution in [-0.4, -0.2) is 26.4 Å². The average molecular weight is 326 g/mol. The van der Waals surface area contributed by atoms with E-state index < -0.39 is 0 Å². The molecule has 0 bridgehead atoms. The molecule has 0 aliphatic heterocycles. The predicted molar refractivity (Wildman–Crippen MR) is 90.4 cm³/mol. The zero-order valence-corrected chi connectivity index (χ0v) is 13.0. The van der Waals surface area contributed by atoms with Crippen molar-refractivity contribution in [3.8, 4) is 11.5 Å². The molecular weight excluding hydrogens is 312 g/mol. The summed E-state index contributed by atoms with van der Waals surface area (Å²) in [5.74, 6) is 0.379. The number of phenols is 2. The molecule has 116 valence electrons. The van der Waals surface area contributed by atoms with Gasteiger partial charge in [0.2, 0.25) is 0 Å². The van der Waals surface area contributed by atoms with Gasteiger partial charge in [0, 0.05) is 4.88 Å². The van der Waals surface area contributed by atoms with E-state index in [1.807, 2.05) is 0 Å². The van der Waals surface area contributed by atoms with Crippen LogP contribution < -0.4 is 5.43 Å². The van der Waals surface area contributed by atoms with Crippen molar-refractivity contribution in [2.75, 3.05) is 5.43 Å². The third-order valence-corrected chi connectivity index (χ3v) is 5.08. The van der Waals surface area contributed by atoms with Gasteiger partial charge in [0.15, 0.2) is 17.3 Å². The highest BCUT2D eigenvalue weighted by molar-refractivity contribution is 7.19. The number of fused-ring (bicyclic) bond motifs is 3. The minimum Gasteiger partial charge on any atom is -0.504 e. The highest BCUT2D eigenvalue weighted by atomic mass is 32.1. The minimum atomic E-state index is -0.172. The Balaban J connectivity index is 1.63. The van der Waals surface area contributed by atoms with E-state index in [0.717, 1.165) is 23.1 Å². The summed E-state index contributed by atoms with van der Waals surface area (Å²) in [6, 6.07) is 4.53. The van der Waals surface area contributed by atoms with Gasteiger partial charge in [0.05, 0.1) is 11.6 Å². The third kappa shape index (κ3) is 2.49. The van der Waals surface area contributed by atoms with Gasteiger partial charge in [0.25, 0.3) is 0 Å². The van der Waals surface area contributed by atoms with Crippen molar-refractivity contribution in [3.05, 3.63) is 40.5 Å². The number of thiophene rings is 1. The molecule has 4 rings (SSSR count). The fourth-order valence-corrected chi connectivity index (χ4v) is 4.03. The van der Waals surface area contributed by atoms with Gasteiger partial charge in [-0.1, -0.05) is 0 Å². The van der Waals surface area contributed by atoms with Crippen LogP contribution in [0.3, 0.4) is 0 Å². The van der Waals surface area contributed by atoms with E-state index in [1.54, 1.807) is 23.6 Å². The summed E-state index contributed by atoms with van der Waals surface area (Å²) in [6.45, 7) is 0. The highest BCUT2D eigenvalue weighted by Gasteiger charge is 2.20. The van der Waals surface area contributed by atoms with Crippen molar-refractivity contribution < 1.29 is 10.2 Å². The molecule has 0 saturated heterocycles. The number of hydrogen-bond acceptors (Lipinski definition) is 7. The molecule has 0 fully saturated rings. The molecule has 0 atom stereocenters. The summed E-state index contributed by atoms with van der Waals surface area (Å²) in [5, 5.41) is 24.0. The van der Waals surface area contributed by atoms with Crippen molar-refractivity contribution >= 4 is 33.6 Å². The number of aromatic nitrogens is 2. The van der Waals surface area contributed by atoms with E-state index in [0.29, 0.717) is 11.4 Å². The van der Waals surface area contributed by atoms with E-state index in [1.165, 1.54) is 35.3 Å². The predicted octanol–water partition coefficient (Wildman–Crippen LogP) is 3.04. The van der Waals surface area contributed by atoms with Crippen LogP contribution in [0, 0.1) is 0 Å². The second-order valence-electron chi connectivity index (χ2n) is 5.38. The summed E-state index contributed by atoms with van der Waals surface area (Å²) in [4.78, 5) is 11.0. The van der Waals surface area contributed by atoms with Crippen LogP contribution in [0.4, 0.5) is 5.82 Å². The topological polar surface area (TPSA) is 90.6 Å². The molecule has 0 saturated carbocycles. The number of phenolic OH excluding ortho intramolecular Hbond substituents is 2. The van der Waals surface area contributed by atoms with Crippen LogP contribution in [0.2, 0.25) is 0 Å². The lowest BCUT2D eigenvalue weighted by molar-refractivity contribution is 0.403. The number of anilines is 1. The molecule has 2 heterocycles. The van der Waals surface area contributed by atoms with Gasteiger partial charge >= 0.3 is 0 Å². The third-order valence-electron chi connectivity index (χ3n) is 3.88. The second kappa shape index (κ2) is 5.51. The van der Waals surface area contributed by atoms with Crippen LogP contribution in [0.1, 0.15) is 22.4 Å². The van der Waals surface area contributed by atoms with Gasteiger partial charge in [-0.3, -0.25) is 5.43 Å². The normalized spacial score (nSPS) is 13.7. The fraction of sp³-hybridized carbons (Fsp3) is 0.188. The second-order valence-corrected chi connectivity index (χ2v) is 6.46. The molecule has 3 aromatic rings. The smallest absolute Gasteiger partial charge is 0.158 e. The summed E-state index contributed by atoms with van der Waals surface area (Å²) in [5.41, 5.74) is 4.98. The molecule has 1 aromatic carbocycles. The molecule has 1 aliphatic rings. The first kappa shape index (κ1) is 14.0. The number of rotatable bonds is 3. The monoisotopic (exact) mass is 326 g/mol. The largest absolute Gasteiger partial charge is 0.504 e. The molecular formula is C16H14N4O2S. The molecule has 1 aliphatic carbocycles. The van der Waals surface area contributed by atoms with E-state index in [9.17, 15) is 10.2 Å². The summed E-state index contributed by atoms with van der Waals surface area (Å²) in [6.07, 6.45) is 6.47. The number of nitrogens with zero attached hydrogens (tertiary/aromatic N) is 3. The Hall–Kier alpha value is -2.67. The lowest BCUT2D eigenvalue weighted by Gasteiger charge is -2.03. The van der Waals surface area contributed by atoms with Crippen molar-refractivity contribution in [1.29, 1.82) is 0 Å². The maximum atomic E-state index is 9.48. The Kier molecular flexibility index (Phi) is 3.34. The van der Waals surface area contributed by atoms with Gasteiger partial charge in [-0.2, -0.15) is 5.10 Å². The van der Waals surface area contributed by atoms with Crippen molar-refractivity contribution in [3.63, 3.8) is 0 Å². The molecule has 0 radical (unpaired) electrons. The molecule has 23 heavy (non-hydrogen) atoms. The van der Waals surface area contributed by atoms with Crippen molar-refractivity contribution in [1.82, 2.24) is 9.97 Å². The summed E-state index contributed by atoms with van der Waals surface area (Å²) in [7, 11) is 0. The molecule has 0 amide bonds. The molecule has 0 spiro atoms. The standard InChI is InChI=1S/C16H14N4O2S/c21-11-5-4-9(6-12(11)22)7-19-20-15-14-10-2-1-3-13(10)23-16(14)18-8-17-15/h4-8,21-22H,1-3H2,(H,17,18,20)/b19-7+. The Bertz CT molecular complexity index is 920. The molecule has 6 nitrogen and oxygen atoms in total. The maximum Gasteiger partial charge on any atom is 0.158 e. The number of aryl methyl sites for hydroxylation is 2. The van der Waals surface area contributed by atoms with E-state index in [4.69, 9.17) is 0 Å². The number of nitrogens with one attached hydrogen (secondary N) is 1. The lowest BCUT2D eigenvalue weighted by atomic mass is 10.2. The number of hydrogen-bond donors (Lipinski definition) is 3. The molecule has 0 unspecified atom stereocenters. The highest BCUT2D eigenvalue weighted by Crippen LogP contribution is 2.38. The SMILES string of the molecule is Oc1ccc(/C=N/Nc2ncnc3sc4c(c23)CCC4)cc1O. The maximum absolute atomic E-state index is 9.48. The Labute approximate surface area is 136 Å². The first-order valence-electron chi connectivity index (χ1n) is 7.28. The van der Waals surface area contributed by atoms with Gasteiger partial charge in [-0.05, 0) is 48.6 Å². The first-order chi connectivity index (χ1) is 11.2. The Morgan fingerprint density at radius 1 is 1.17 bits per heavy atom. The van der Waals surface area contributed by atoms with E-state index in [2.05, 4.69) is 20.5 Å². The fourth-order valence-electron chi connectivity index (χ4n) is 2.80. The Morgan fingerprint density at radius 2 is 2.09 bits per heavy atom. The number of benzene rings is 1. The van der Waals surface area contributed by atoms with Crippen LogP contribution in [0.5, 0.6) is 11.5 Å². The van der Waals surface area contributed by atoms with Gasteiger partial charge < -0.3 is 10.2 Å². The summed E-state index contributed by atoms with van der Waals surface area (Å²) < 4.78 is 0. The molecule has 3 N–H and O–H groups in total. The Morgan fingerprint density at radius 3 is 2.96 bits per heavy atom. The van der Waals surface area contributed by atoms with Crippen molar-refractivity contribution in [2.45, 2.75) is 19.3 Å². The van der Waals surface area contributed by atoms with Crippen LogP contribution >= 0.6 is 11.3 Å². The minimum absolute atomic E-state index is 0.151. The number of aromatic hydroxyl groups is 2. The average Bonchev–Trinajstić information content (AvgIpc) is 3.11. The van der Waals surface area contributed by atoms with E-state index in [-0.39, 0.29) is 11.5 Å². The first-order valence-corrected chi connectivity index (χ1v) is 8.10. The van der Waals surface area contributed by atoms with Crippen LogP contribution in [0.25, 0.3) is 10.2 Å². The number of hydrazone groups is 1. The van der Waals surface area contributed by atoms with Crippen molar-refractivity contribution in [2.24, 2.45) is 5.10 Å². The van der Waals surface area contributed by atoms with Crippen LogP contribution in [0.15, 0.2) is 29.6 Å². The molecule has 2 aromatic heterocycles. The van der Waals surface area contributed by atoms with Gasteiger partial charge in [-0.15, -0.1) is 11.3 Å². The van der Waals surface area contributed by atoms with Crippen LogP contribution in [-0.2, 0) is 12.8 Å². The quantitative estimate of drug-likeness (QED) is 0.391. The van der Waals surface area contributed by atoms with Gasteiger partial charge in [0.1, 0.15) is 11.2 Å². The molecule has 7 heteroatoms. The zero-order chi connectivity index (χ0) is 15.8. The van der Waals surface area contributed by atoms with Gasteiger partial charge in [-0.25, -0.2) is 9.97 Å².